The predicted octanol–water partition coefficient (Wildman–Crippen LogP) is 3.49. The normalized spacial score (nSPS) is 13.1. The van der Waals surface area contributed by atoms with Crippen LogP contribution in [0.15, 0.2) is 24.3 Å². The first-order valence-electron chi connectivity index (χ1n) is 3.41. The lowest BCUT2D eigenvalue weighted by Crippen LogP contribution is -1.86. The average Bonchev–Trinajstić information content (AvgIpc) is 1.88. The van der Waals surface area contributed by atoms with E-state index in [1.807, 2.05) is 0 Å². The quantitative estimate of drug-likeness (QED) is 0.525. The minimum absolute atomic E-state index is 0.624. The number of aryl methyl sites for hydroxylation is 1. The molecular formula is C9H11I. The first kappa shape index (κ1) is 8.05. The van der Waals surface area contributed by atoms with Crippen LogP contribution in [0.1, 0.15) is 22.0 Å². The molecule has 0 fully saturated rings. The van der Waals surface area contributed by atoms with Crippen molar-refractivity contribution in [2.75, 3.05) is 0 Å². The fourth-order valence-electron chi connectivity index (χ4n) is 1.03. The van der Waals surface area contributed by atoms with Crippen LogP contribution in [0.4, 0.5) is 0 Å². The molecule has 10 heavy (non-hydrogen) atoms. The first-order valence-corrected chi connectivity index (χ1v) is 4.66. The maximum Gasteiger partial charge on any atom is 0.0334 e. The summed E-state index contributed by atoms with van der Waals surface area (Å²) in [4.78, 5) is 0. The van der Waals surface area contributed by atoms with Gasteiger partial charge in [0.15, 0.2) is 0 Å². The maximum absolute atomic E-state index is 2.43. The van der Waals surface area contributed by atoms with Crippen LogP contribution in [-0.2, 0) is 0 Å². The highest BCUT2D eigenvalue weighted by atomic mass is 127. The van der Waals surface area contributed by atoms with E-state index in [9.17, 15) is 0 Å². The molecule has 0 amide bonds. The van der Waals surface area contributed by atoms with Crippen LogP contribution < -0.4 is 0 Å². The van der Waals surface area contributed by atoms with Gasteiger partial charge in [-0.2, -0.15) is 0 Å². The van der Waals surface area contributed by atoms with Gasteiger partial charge in [-0.05, 0) is 25.0 Å². The highest BCUT2D eigenvalue weighted by Crippen LogP contribution is 2.24. The van der Waals surface area contributed by atoms with Crippen LogP contribution in [0.3, 0.4) is 0 Å². The van der Waals surface area contributed by atoms with Crippen LogP contribution >= 0.6 is 22.6 Å². The fraction of sp³-hybridized carbons (Fsp3) is 0.333. The Hall–Kier alpha value is -0.0500. The van der Waals surface area contributed by atoms with Gasteiger partial charge in [0.1, 0.15) is 0 Å². The van der Waals surface area contributed by atoms with Crippen molar-refractivity contribution in [1.29, 1.82) is 0 Å². The highest BCUT2D eigenvalue weighted by Gasteiger charge is 2.01. The maximum atomic E-state index is 2.43. The summed E-state index contributed by atoms with van der Waals surface area (Å²) in [6.45, 7) is 4.37. The smallest absolute Gasteiger partial charge is 0.0334 e. The van der Waals surface area contributed by atoms with E-state index >= 15 is 0 Å². The molecule has 0 N–H and O–H groups in total. The largest absolute Gasteiger partial charge is 0.0777 e. The third-order valence-electron chi connectivity index (χ3n) is 1.62. The van der Waals surface area contributed by atoms with E-state index in [2.05, 4.69) is 60.7 Å². The fourth-order valence-corrected chi connectivity index (χ4v) is 1.73. The van der Waals surface area contributed by atoms with Crippen molar-refractivity contribution < 1.29 is 0 Å². The predicted molar refractivity (Wildman–Crippen MR) is 53.6 cm³/mol. The van der Waals surface area contributed by atoms with Crippen LogP contribution in [0.25, 0.3) is 0 Å². The molecule has 0 heterocycles. The van der Waals surface area contributed by atoms with Gasteiger partial charge in [-0.25, -0.2) is 0 Å². The molecule has 0 saturated heterocycles. The molecule has 1 rings (SSSR count). The number of rotatable bonds is 1. The summed E-state index contributed by atoms with van der Waals surface area (Å²) in [7, 11) is 0. The number of halogens is 1. The third-order valence-corrected chi connectivity index (χ3v) is 2.29. The van der Waals surface area contributed by atoms with Crippen molar-refractivity contribution in [2.45, 2.75) is 17.8 Å². The van der Waals surface area contributed by atoms with Crippen molar-refractivity contribution in [2.24, 2.45) is 0 Å². The second-order valence-corrected chi connectivity index (χ2v) is 4.34. The third kappa shape index (κ3) is 1.72. The van der Waals surface area contributed by atoms with Crippen LogP contribution in [0.2, 0.25) is 0 Å². The van der Waals surface area contributed by atoms with Gasteiger partial charge in [0.25, 0.3) is 0 Å². The topological polar surface area (TPSA) is 0 Å². The Morgan fingerprint density at radius 3 is 2.30 bits per heavy atom. The molecule has 0 bridgehead atoms. The van der Waals surface area contributed by atoms with Crippen LogP contribution in [0.5, 0.6) is 0 Å². The minimum atomic E-state index is 0.624. The molecule has 1 aromatic rings. The molecule has 0 aliphatic carbocycles. The zero-order chi connectivity index (χ0) is 7.56. The lowest BCUT2D eigenvalue weighted by molar-refractivity contribution is 1.12. The van der Waals surface area contributed by atoms with E-state index in [0.717, 1.165) is 0 Å². The lowest BCUT2D eigenvalue weighted by Gasteiger charge is -2.05. The van der Waals surface area contributed by atoms with Gasteiger partial charge in [0.05, 0.1) is 0 Å². The van der Waals surface area contributed by atoms with Crippen molar-refractivity contribution in [1.82, 2.24) is 0 Å². The van der Waals surface area contributed by atoms with Gasteiger partial charge < -0.3 is 0 Å². The molecule has 54 valence electrons. The molecule has 1 heteroatoms. The van der Waals surface area contributed by atoms with E-state index in [1.54, 1.807) is 0 Å². The van der Waals surface area contributed by atoms with Gasteiger partial charge in [0.2, 0.25) is 0 Å². The molecular weight excluding hydrogens is 235 g/mol. The Bertz CT molecular complexity index is 216. The van der Waals surface area contributed by atoms with Crippen molar-refractivity contribution in [3.05, 3.63) is 35.4 Å². The molecule has 1 unspecified atom stereocenters. The SMILES string of the molecule is Cc1ccccc1C(C)I. The Morgan fingerprint density at radius 2 is 1.90 bits per heavy atom. The molecule has 0 aliphatic rings. The molecule has 0 aromatic heterocycles. The Balaban J connectivity index is 3.03. The van der Waals surface area contributed by atoms with Crippen molar-refractivity contribution in [3.8, 4) is 0 Å². The highest BCUT2D eigenvalue weighted by molar-refractivity contribution is 14.1. The Labute approximate surface area is 75.8 Å². The van der Waals surface area contributed by atoms with E-state index in [-0.39, 0.29) is 0 Å². The van der Waals surface area contributed by atoms with Crippen molar-refractivity contribution >= 4 is 22.6 Å². The minimum Gasteiger partial charge on any atom is -0.0777 e. The van der Waals surface area contributed by atoms with E-state index < -0.39 is 0 Å². The lowest BCUT2D eigenvalue weighted by atomic mass is 10.1. The van der Waals surface area contributed by atoms with Gasteiger partial charge in [-0.3, -0.25) is 0 Å². The monoisotopic (exact) mass is 246 g/mol. The number of hydrogen-bond donors (Lipinski definition) is 0. The van der Waals surface area contributed by atoms with Crippen LogP contribution in [0, 0.1) is 6.92 Å². The molecule has 0 radical (unpaired) electrons. The van der Waals surface area contributed by atoms with Gasteiger partial charge >= 0.3 is 0 Å². The number of alkyl halides is 1. The molecule has 0 nitrogen and oxygen atoms in total. The Kier molecular flexibility index (Phi) is 2.72. The average molecular weight is 246 g/mol. The molecule has 1 atom stereocenters. The van der Waals surface area contributed by atoms with E-state index in [1.165, 1.54) is 11.1 Å². The molecule has 1 aromatic carbocycles. The second kappa shape index (κ2) is 3.37. The summed E-state index contributed by atoms with van der Waals surface area (Å²) >= 11 is 2.43. The Morgan fingerprint density at radius 1 is 1.30 bits per heavy atom. The summed E-state index contributed by atoms with van der Waals surface area (Å²) < 4.78 is 0.624. The summed E-state index contributed by atoms with van der Waals surface area (Å²) in [5, 5.41) is 0. The van der Waals surface area contributed by atoms with Crippen LogP contribution in [-0.4, -0.2) is 0 Å². The zero-order valence-corrected chi connectivity index (χ0v) is 8.42. The van der Waals surface area contributed by atoms with Crippen molar-refractivity contribution in [3.63, 3.8) is 0 Å². The van der Waals surface area contributed by atoms with Gasteiger partial charge in [-0.1, -0.05) is 46.9 Å². The number of benzene rings is 1. The molecule has 0 aliphatic heterocycles. The van der Waals surface area contributed by atoms with Gasteiger partial charge in [0, 0.05) is 3.92 Å². The van der Waals surface area contributed by atoms with E-state index in [0.29, 0.717) is 3.92 Å². The van der Waals surface area contributed by atoms with E-state index in [4.69, 9.17) is 0 Å². The standard InChI is InChI=1S/C9H11I/c1-7-5-3-4-6-9(7)8(2)10/h3-6,8H,1-2H3. The van der Waals surface area contributed by atoms with Gasteiger partial charge in [-0.15, -0.1) is 0 Å². The second-order valence-electron chi connectivity index (χ2n) is 2.47. The molecule has 0 saturated carbocycles. The summed E-state index contributed by atoms with van der Waals surface area (Å²) in [5.41, 5.74) is 2.84. The zero-order valence-electron chi connectivity index (χ0n) is 6.26. The summed E-state index contributed by atoms with van der Waals surface area (Å²) in [5.74, 6) is 0. The molecule has 0 spiro atoms. The first-order chi connectivity index (χ1) is 4.72. The summed E-state index contributed by atoms with van der Waals surface area (Å²) in [6.07, 6.45) is 0. The number of hydrogen-bond acceptors (Lipinski definition) is 0. The summed E-state index contributed by atoms with van der Waals surface area (Å²) in [6, 6.07) is 8.52.